The molecule has 0 unspecified atom stereocenters. The number of esters is 1. The molecular weight excluding hydrogens is 340 g/mol. The number of hydrogen-bond acceptors (Lipinski definition) is 7. The summed E-state index contributed by atoms with van der Waals surface area (Å²) in [5, 5.41) is 1.84. The van der Waals surface area contributed by atoms with Crippen molar-refractivity contribution in [2.24, 2.45) is 5.73 Å². The second kappa shape index (κ2) is 8.33. The van der Waals surface area contributed by atoms with Gasteiger partial charge in [-0.1, -0.05) is 30.3 Å². The van der Waals surface area contributed by atoms with Gasteiger partial charge in [-0.2, -0.15) is 0 Å². The molecule has 1 aliphatic heterocycles. The van der Waals surface area contributed by atoms with Gasteiger partial charge in [-0.3, -0.25) is 0 Å². The van der Waals surface area contributed by atoms with Gasteiger partial charge in [-0.25, -0.2) is 4.79 Å². The first-order chi connectivity index (χ1) is 12.2. The Bertz CT molecular complexity index is 704. The van der Waals surface area contributed by atoms with Gasteiger partial charge >= 0.3 is 5.97 Å². The Balaban J connectivity index is 1.72. The van der Waals surface area contributed by atoms with Crippen molar-refractivity contribution in [3.63, 3.8) is 0 Å². The highest BCUT2D eigenvalue weighted by Gasteiger charge is 2.33. The summed E-state index contributed by atoms with van der Waals surface area (Å²) in [5.74, 6) is 0.348. The summed E-state index contributed by atoms with van der Waals surface area (Å²) in [6.45, 7) is 2.62. The second-order valence-electron chi connectivity index (χ2n) is 5.72. The average Bonchev–Trinajstić information content (AvgIpc) is 3.08. The Kier molecular flexibility index (Phi) is 5.91. The lowest BCUT2D eigenvalue weighted by atomic mass is 10.2. The van der Waals surface area contributed by atoms with E-state index >= 15 is 0 Å². The van der Waals surface area contributed by atoms with Crippen LogP contribution in [0.2, 0.25) is 0 Å². The predicted octanol–water partition coefficient (Wildman–Crippen LogP) is 2.28. The molecule has 6 nitrogen and oxygen atoms in total. The minimum absolute atomic E-state index is 0.00207. The van der Waals surface area contributed by atoms with Crippen LogP contribution in [0.25, 0.3) is 0 Å². The van der Waals surface area contributed by atoms with E-state index in [-0.39, 0.29) is 12.0 Å². The van der Waals surface area contributed by atoms with E-state index in [9.17, 15) is 4.79 Å². The van der Waals surface area contributed by atoms with Crippen molar-refractivity contribution in [3.8, 4) is 5.75 Å². The molecule has 2 heterocycles. The normalized spacial score (nSPS) is 16.2. The number of thiophene rings is 1. The molecule has 1 aromatic carbocycles. The van der Waals surface area contributed by atoms with E-state index in [0.29, 0.717) is 43.5 Å². The number of nitrogens with zero attached hydrogens (tertiary/aromatic N) is 1. The van der Waals surface area contributed by atoms with Crippen LogP contribution in [0.4, 0.5) is 5.69 Å². The fourth-order valence-electron chi connectivity index (χ4n) is 2.86. The van der Waals surface area contributed by atoms with Crippen molar-refractivity contribution in [1.82, 2.24) is 0 Å². The highest BCUT2D eigenvalue weighted by atomic mass is 32.1. The third kappa shape index (κ3) is 3.95. The van der Waals surface area contributed by atoms with Gasteiger partial charge in [0.05, 0.1) is 26.4 Å². The van der Waals surface area contributed by atoms with E-state index in [2.05, 4.69) is 4.90 Å². The number of ether oxygens (including phenoxy) is 3. The maximum absolute atomic E-state index is 12.0. The molecule has 1 aliphatic rings. The summed E-state index contributed by atoms with van der Waals surface area (Å²) in [6, 6.07) is 10.0. The van der Waals surface area contributed by atoms with Gasteiger partial charge in [-0.05, 0) is 5.56 Å². The lowest BCUT2D eigenvalue weighted by Gasteiger charge is -2.37. The van der Waals surface area contributed by atoms with Crippen molar-refractivity contribution >= 4 is 23.0 Å². The molecule has 25 heavy (non-hydrogen) atoms. The fourth-order valence-corrected chi connectivity index (χ4v) is 3.78. The highest BCUT2D eigenvalue weighted by molar-refractivity contribution is 7.13. The maximum Gasteiger partial charge on any atom is 0.350 e. The summed E-state index contributed by atoms with van der Waals surface area (Å²) < 4.78 is 16.6. The zero-order chi connectivity index (χ0) is 17.6. The maximum atomic E-state index is 12.0. The van der Waals surface area contributed by atoms with Crippen LogP contribution in [0.15, 0.2) is 35.7 Å². The topological polar surface area (TPSA) is 74.0 Å². The van der Waals surface area contributed by atoms with E-state index in [1.165, 1.54) is 18.4 Å². The van der Waals surface area contributed by atoms with E-state index in [1.54, 1.807) is 0 Å². The predicted molar refractivity (Wildman–Crippen MR) is 97.4 cm³/mol. The smallest absolute Gasteiger partial charge is 0.350 e. The van der Waals surface area contributed by atoms with E-state index < -0.39 is 0 Å². The lowest BCUT2D eigenvalue weighted by molar-refractivity contribution is 0.0603. The number of carbonyl (C=O) groups excluding carboxylic acids is 1. The van der Waals surface area contributed by atoms with Crippen molar-refractivity contribution in [2.45, 2.75) is 12.6 Å². The monoisotopic (exact) mass is 362 g/mol. The van der Waals surface area contributed by atoms with Crippen molar-refractivity contribution in [2.75, 3.05) is 38.3 Å². The molecule has 0 saturated carbocycles. The van der Waals surface area contributed by atoms with Crippen LogP contribution >= 0.6 is 11.3 Å². The average molecular weight is 362 g/mol. The summed E-state index contributed by atoms with van der Waals surface area (Å²) in [5.41, 5.74) is 7.68. The number of rotatable bonds is 7. The summed E-state index contributed by atoms with van der Waals surface area (Å²) in [6.07, 6.45) is 0. The number of methoxy groups -OCH3 is 1. The molecule has 7 heteroatoms. The van der Waals surface area contributed by atoms with Crippen LogP contribution in [-0.2, 0) is 16.1 Å². The van der Waals surface area contributed by atoms with Crippen LogP contribution in [-0.4, -0.2) is 45.4 Å². The first kappa shape index (κ1) is 17.7. The minimum Gasteiger partial charge on any atom is -0.488 e. The molecule has 0 spiro atoms. The third-order valence-electron chi connectivity index (χ3n) is 4.05. The number of nitrogens with two attached hydrogens (primary N) is 1. The molecule has 0 bridgehead atoms. The first-order valence-corrected chi connectivity index (χ1v) is 9.03. The fraction of sp³-hybridized carbons (Fsp3) is 0.389. The molecule has 1 atom stereocenters. The van der Waals surface area contributed by atoms with Gasteiger partial charge in [-0.15, -0.1) is 11.3 Å². The molecule has 2 aromatic rings. The molecule has 3 rings (SSSR count). The SMILES string of the molecule is COC(=O)c1scc2c1N(CCN)[C@@H](COCc1ccccc1)CO2. The van der Waals surface area contributed by atoms with Crippen LogP contribution in [0.5, 0.6) is 5.75 Å². The zero-order valence-corrected chi connectivity index (χ0v) is 15.0. The van der Waals surface area contributed by atoms with E-state index in [0.717, 1.165) is 11.3 Å². The number of fused-ring (bicyclic) bond motifs is 1. The quantitative estimate of drug-likeness (QED) is 0.762. The molecule has 134 valence electrons. The van der Waals surface area contributed by atoms with Crippen LogP contribution in [0, 0.1) is 0 Å². The third-order valence-corrected chi connectivity index (χ3v) is 4.98. The molecule has 1 aromatic heterocycles. The van der Waals surface area contributed by atoms with Gasteiger partial charge in [0.1, 0.15) is 17.2 Å². The Morgan fingerprint density at radius 3 is 2.92 bits per heavy atom. The number of benzene rings is 1. The van der Waals surface area contributed by atoms with Crippen molar-refractivity contribution in [3.05, 3.63) is 46.2 Å². The number of anilines is 1. The standard InChI is InChI=1S/C18H22N2O4S/c1-22-18(21)17-16-15(12-25-17)24-11-14(20(16)8-7-19)10-23-9-13-5-3-2-4-6-13/h2-6,12,14H,7-11,19H2,1H3/t14-/m0/s1. The summed E-state index contributed by atoms with van der Waals surface area (Å²) >= 11 is 1.33. The Hall–Kier alpha value is -2.09. The largest absolute Gasteiger partial charge is 0.488 e. The van der Waals surface area contributed by atoms with E-state index in [1.807, 2.05) is 35.7 Å². The van der Waals surface area contributed by atoms with Gasteiger partial charge in [0.2, 0.25) is 0 Å². The molecule has 0 amide bonds. The van der Waals surface area contributed by atoms with Crippen LogP contribution < -0.4 is 15.4 Å². The zero-order valence-electron chi connectivity index (χ0n) is 14.1. The minimum atomic E-state index is -0.359. The van der Waals surface area contributed by atoms with Gasteiger partial charge < -0.3 is 24.8 Å². The van der Waals surface area contributed by atoms with Gasteiger partial charge in [0.15, 0.2) is 5.75 Å². The Morgan fingerprint density at radius 2 is 2.20 bits per heavy atom. The molecule has 0 aliphatic carbocycles. The highest BCUT2D eigenvalue weighted by Crippen LogP contribution is 2.42. The van der Waals surface area contributed by atoms with Crippen LogP contribution in [0.1, 0.15) is 15.2 Å². The molecule has 0 fully saturated rings. The van der Waals surface area contributed by atoms with Crippen molar-refractivity contribution in [1.29, 1.82) is 0 Å². The summed E-state index contributed by atoms with van der Waals surface area (Å²) in [4.78, 5) is 14.7. The molecule has 0 saturated heterocycles. The van der Waals surface area contributed by atoms with Crippen molar-refractivity contribution < 1.29 is 19.0 Å². The Labute approximate surface area is 151 Å². The molecular formula is C18H22N2O4S. The van der Waals surface area contributed by atoms with Crippen LogP contribution in [0.3, 0.4) is 0 Å². The lowest BCUT2D eigenvalue weighted by Crippen LogP contribution is -2.48. The number of carbonyl (C=O) groups is 1. The summed E-state index contributed by atoms with van der Waals surface area (Å²) in [7, 11) is 1.38. The van der Waals surface area contributed by atoms with E-state index in [4.69, 9.17) is 19.9 Å². The number of hydrogen-bond donors (Lipinski definition) is 1. The van der Waals surface area contributed by atoms with Gasteiger partial charge in [0, 0.05) is 18.5 Å². The first-order valence-electron chi connectivity index (χ1n) is 8.15. The molecule has 2 N–H and O–H groups in total. The second-order valence-corrected chi connectivity index (χ2v) is 6.60. The van der Waals surface area contributed by atoms with Gasteiger partial charge in [0.25, 0.3) is 0 Å². The Morgan fingerprint density at radius 1 is 1.40 bits per heavy atom. The molecule has 0 radical (unpaired) electrons.